The lowest BCUT2D eigenvalue weighted by Gasteiger charge is -2.27. The minimum absolute atomic E-state index is 0.398. The van der Waals surface area contributed by atoms with Crippen molar-refractivity contribution in [2.45, 2.75) is 19.3 Å². The predicted molar refractivity (Wildman–Crippen MR) is 47.2 cm³/mol. The van der Waals surface area contributed by atoms with E-state index in [2.05, 4.69) is 0 Å². The van der Waals surface area contributed by atoms with Crippen molar-refractivity contribution in [3.8, 4) is 0 Å². The van der Waals surface area contributed by atoms with E-state index in [0.29, 0.717) is 32.7 Å². The van der Waals surface area contributed by atoms with Crippen LogP contribution in [-0.4, -0.2) is 32.2 Å². The van der Waals surface area contributed by atoms with Gasteiger partial charge in [-0.3, -0.25) is 5.73 Å². The Morgan fingerprint density at radius 3 is 1.75 bits per heavy atom. The summed E-state index contributed by atoms with van der Waals surface area (Å²) in [5, 5.41) is 0. The van der Waals surface area contributed by atoms with E-state index in [-0.39, 0.29) is 0 Å². The van der Waals surface area contributed by atoms with Gasteiger partial charge >= 0.3 is 0 Å². The Morgan fingerprint density at radius 1 is 1.08 bits per heavy atom. The van der Waals surface area contributed by atoms with Crippen molar-refractivity contribution in [1.29, 1.82) is 0 Å². The third-order valence-corrected chi connectivity index (χ3v) is 1.42. The summed E-state index contributed by atoms with van der Waals surface area (Å²) in [6.07, 6.45) is 0.576. The standard InChI is InChI=1S/C7H19N3O2/c1-2-7(10,11-5-3-8)12-6-4-9/h2-6,8-10H2,1H3. The van der Waals surface area contributed by atoms with Crippen LogP contribution in [0.25, 0.3) is 0 Å². The second-order valence-electron chi connectivity index (χ2n) is 2.44. The predicted octanol–water partition coefficient (Wildman–Crippen LogP) is -1.04. The number of hydrogen-bond acceptors (Lipinski definition) is 5. The Bertz CT molecular complexity index is 103. The number of ether oxygens (including phenoxy) is 2. The van der Waals surface area contributed by atoms with Gasteiger partial charge in [0, 0.05) is 19.5 Å². The molecule has 0 bridgehead atoms. The fraction of sp³-hybridized carbons (Fsp3) is 1.00. The van der Waals surface area contributed by atoms with E-state index in [0.717, 1.165) is 0 Å². The summed E-state index contributed by atoms with van der Waals surface area (Å²) in [6.45, 7) is 3.55. The molecule has 12 heavy (non-hydrogen) atoms. The molecule has 0 fully saturated rings. The van der Waals surface area contributed by atoms with E-state index in [4.69, 9.17) is 26.7 Å². The number of nitrogens with two attached hydrogens (primary N) is 3. The molecule has 0 saturated carbocycles. The van der Waals surface area contributed by atoms with Crippen LogP contribution >= 0.6 is 0 Å². The summed E-state index contributed by atoms with van der Waals surface area (Å²) < 4.78 is 10.4. The average Bonchev–Trinajstić information content (AvgIpc) is 2.11. The molecule has 0 aromatic heterocycles. The molecule has 0 aliphatic rings. The largest absolute Gasteiger partial charge is 0.336 e. The van der Waals surface area contributed by atoms with Gasteiger partial charge in [-0.1, -0.05) is 6.92 Å². The van der Waals surface area contributed by atoms with Crippen LogP contribution < -0.4 is 17.2 Å². The van der Waals surface area contributed by atoms with Gasteiger partial charge < -0.3 is 20.9 Å². The van der Waals surface area contributed by atoms with Gasteiger partial charge in [-0.05, 0) is 0 Å². The van der Waals surface area contributed by atoms with E-state index >= 15 is 0 Å². The SMILES string of the molecule is CCC(N)(OCCN)OCCN. The molecule has 74 valence electrons. The molecule has 0 aliphatic carbocycles. The van der Waals surface area contributed by atoms with E-state index < -0.39 is 5.91 Å². The monoisotopic (exact) mass is 177 g/mol. The molecular weight excluding hydrogens is 158 g/mol. The van der Waals surface area contributed by atoms with Crippen molar-refractivity contribution in [3.63, 3.8) is 0 Å². The molecule has 0 radical (unpaired) electrons. The molecule has 0 atom stereocenters. The minimum Gasteiger partial charge on any atom is -0.336 e. The molecule has 5 nitrogen and oxygen atoms in total. The molecule has 0 spiro atoms. The van der Waals surface area contributed by atoms with Gasteiger partial charge in [0.2, 0.25) is 5.91 Å². The Balaban J connectivity index is 3.70. The van der Waals surface area contributed by atoms with Crippen LogP contribution in [0.5, 0.6) is 0 Å². The summed E-state index contributed by atoms with van der Waals surface area (Å²) in [4.78, 5) is 0. The molecule has 0 heterocycles. The van der Waals surface area contributed by atoms with Crippen LogP contribution in [0.4, 0.5) is 0 Å². The van der Waals surface area contributed by atoms with Crippen LogP contribution in [0.15, 0.2) is 0 Å². The van der Waals surface area contributed by atoms with Gasteiger partial charge in [-0.2, -0.15) is 0 Å². The van der Waals surface area contributed by atoms with Crippen LogP contribution in [-0.2, 0) is 9.47 Å². The summed E-state index contributed by atoms with van der Waals surface area (Å²) in [6, 6.07) is 0. The maximum atomic E-state index is 5.71. The molecular formula is C7H19N3O2. The maximum absolute atomic E-state index is 5.71. The van der Waals surface area contributed by atoms with E-state index in [1.54, 1.807) is 0 Å². The van der Waals surface area contributed by atoms with Crippen molar-refractivity contribution in [1.82, 2.24) is 0 Å². The molecule has 0 rings (SSSR count). The Morgan fingerprint density at radius 2 is 1.50 bits per heavy atom. The zero-order valence-corrected chi connectivity index (χ0v) is 7.58. The first-order chi connectivity index (χ1) is 5.68. The molecule has 0 aromatic carbocycles. The van der Waals surface area contributed by atoms with Crippen LogP contribution in [0.3, 0.4) is 0 Å². The smallest absolute Gasteiger partial charge is 0.224 e. The fourth-order valence-electron chi connectivity index (χ4n) is 0.709. The highest BCUT2D eigenvalue weighted by molar-refractivity contribution is 4.58. The third-order valence-electron chi connectivity index (χ3n) is 1.42. The Hall–Kier alpha value is -0.200. The molecule has 6 N–H and O–H groups in total. The van der Waals surface area contributed by atoms with Gasteiger partial charge in [0.05, 0.1) is 13.2 Å². The van der Waals surface area contributed by atoms with Crippen LogP contribution in [0, 0.1) is 0 Å². The molecule has 0 unspecified atom stereocenters. The Labute approximate surface area is 73.2 Å². The van der Waals surface area contributed by atoms with Crippen molar-refractivity contribution in [2.75, 3.05) is 26.3 Å². The van der Waals surface area contributed by atoms with E-state index in [1.807, 2.05) is 6.92 Å². The second-order valence-corrected chi connectivity index (χ2v) is 2.44. The first-order valence-corrected chi connectivity index (χ1v) is 4.15. The topological polar surface area (TPSA) is 96.5 Å². The second kappa shape index (κ2) is 6.33. The quantitative estimate of drug-likeness (QED) is 0.432. The summed E-state index contributed by atoms with van der Waals surface area (Å²) >= 11 is 0. The lowest BCUT2D eigenvalue weighted by Crippen LogP contribution is -2.47. The zero-order chi connectivity index (χ0) is 9.45. The molecule has 5 heteroatoms. The van der Waals surface area contributed by atoms with E-state index in [9.17, 15) is 0 Å². The molecule has 0 saturated heterocycles. The summed E-state index contributed by atoms with van der Waals surface area (Å²) in [7, 11) is 0. The first-order valence-electron chi connectivity index (χ1n) is 4.15. The van der Waals surface area contributed by atoms with Gasteiger partial charge in [0.15, 0.2) is 0 Å². The normalized spacial score (nSPS) is 12.0. The fourth-order valence-corrected chi connectivity index (χ4v) is 0.709. The molecule has 0 aromatic rings. The highest BCUT2D eigenvalue weighted by atomic mass is 16.7. The van der Waals surface area contributed by atoms with Crippen molar-refractivity contribution in [3.05, 3.63) is 0 Å². The van der Waals surface area contributed by atoms with Crippen LogP contribution in [0.1, 0.15) is 13.3 Å². The van der Waals surface area contributed by atoms with Crippen LogP contribution in [0.2, 0.25) is 0 Å². The first kappa shape index (κ1) is 11.8. The lowest BCUT2D eigenvalue weighted by atomic mass is 10.4. The van der Waals surface area contributed by atoms with E-state index in [1.165, 1.54) is 0 Å². The van der Waals surface area contributed by atoms with Crippen molar-refractivity contribution >= 4 is 0 Å². The minimum atomic E-state index is -1.02. The summed E-state index contributed by atoms with van der Waals surface area (Å²) in [5.41, 5.74) is 16.2. The van der Waals surface area contributed by atoms with Gasteiger partial charge in [0.1, 0.15) is 0 Å². The molecule has 0 aliphatic heterocycles. The molecule has 0 amide bonds. The van der Waals surface area contributed by atoms with Gasteiger partial charge in [-0.15, -0.1) is 0 Å². The highest BCUT2D eigenvalue weighted by Gasteiger charge is 2.23. The average molecular weight is 177 g/mol. The number of hydrogen-bond donors (Lipinski definition) is 3. The lowest BCUT2D eigenvalue weighted by molar-refractivity contribution is -0.232. The number of rotatable bonds is 7. The summed E-state index contributed by atoms with van der Waals surface area (Å²) in [5.74, 6) is -1.02. The van der Waals surface area contributed by atoms with Crippen molar-refractivity contribution in [2.24, 2.45) is 17.2 Å². The maximum Gasteiger partial charge on any atom is 0.224 e. The highest BCUT2D eigenvalue weighted by Crippen LogP contribution is 2.09. The van der Waals surface area contributed by atoms with Crippen molar-refractivity contribution < 1.29 is 9.47 Å². The third kappa shape index (κ3) is 4.63. The van der Waals surface area contributed by atoms with Gasteiger partial charge in [-0.25, -0.2) is 0 Å². The zero-order valence-electron chi connectivity index (χ0n) is 7.58. The van der Waals surface area contributed by atoms with Gasteiger partial charge in [0.25, 0.3) is 0 Å². The Kier molecular flexibility index (Phi) is 6.23.